The molecule has 0 aromatic heterocycles. The molecule has 0 aliphatic carbocycles. The third-order valence-electron chi connectivity index (χ3n) is 3.81. The van der Waals surface area contributed by atoms with E-state index in [0.717, 1.165) is 0 Å². The zero-order valence-electron chi connectivity index (χ0n) is 13.0. The first-order chi connectivity index (χ1) is 11.6. The van der Waals surface area contributed by atoms with Crippen LogP contribution in [0.3, 0.4) is 0 Å². The van der Waals surface area contributed by atoms with Gasteiger partial charge in [0.2, 0.25) is 0 Å². The number of nitrogen functional groups attached to an aromatic ring is 1. The van der Waals surface area contributed by atoms with Crippen molar-refractivity contribution in [1.29, 1.82) is 0 Å². The molecule has 0 fully saturated rings. The van der Waals surface area contributed by atoms with E-state index in [-0.39, 0.29) is 5.56 Å². The van der Waals surface area contributed by atoms with E-state index in [4.69, 9.17) is 10.8 Å². The predicted octanol–water partition coefficient (Wildman–Crippen LogP) is 4.96. The first kappa shape index (κ1) is 15.6. The number of carboxylic acid groups (broad SMARTS) is 1. The summed E-state index contributed by atoms with van der Waals surface area (Å²) in [6, 6.07) is 27.8. The number of anilines is 1. The second-order valence-corrected chi connectivity index (χ2v) is 5.44. The summed E-state index contributed by atoms with van der Waals surface area (Å²) in [6.45, 7) is 0. The summed E-state index contributed by atoms with van der Waals surface area (Å²) < 4.78 is 0. The molecule has 0 saturated heterocycles. The number of nitrogens with two attached hydrogens (primary N) is 1. The molecule has 0 atom stereocenters. The average Bonchev–Trinajstić information content (AvgIpc) is 2.60. The Balaban J connectivity index is 0.000000150. The molecule has 0 spiro atoms. The molecule has 4 rings (SSSR count). The lowest BCUT2D eigenvalue weighted by Crippen LogP contribution is -2.00. The molecule has 0 amide bonds. The van der Waals surface area contributed by atoms with E-state index in [1.807, 2.05) is 0 Å². The monoisotopic (exact) mass is 315 g/mol. The van der Waals surface area contributed by atoms with Crippen LogP contribution < -0.4 is 5.73 Å². The summed E-state index contributed by atoms with van der Waals surface area (Å²) in [5, 5.41) is 13.7. The maximum absolute atomic E-state index is 10.3. The van der Waals surface area contributed by atoms with Gasteiger partial charge in [0, 0.05) is 5.69 Å². The van der Waals surface area contributed by atoms with Gasteiger partial charge in [0.1, 0.15) is 0 Å². The lowest BCUT2D eigenvalue weighted by atomic mass is 10.0. The fraction of sp³-hybridized carbons (Fsp3) is 0. The van der Waals surface area contributed by atoms with Crippen molar-refractivity contribution in [3.05, 3.63) is 90.5 Å². The molecular formula is C21H17NO2. The molecule has 0 bridgehead atoms. The van der Waals surface area contributed by atoms with Crippen LogP contribution in [0.15, 0.2) is 84.9 Å². The summed E-state index contributed by atoms with van der Waals surface area (Å²) >= 11 is 0. The Kier molecular flexibility index (Phi) is 4.43. The zero-order valence-corrected chi connectivity index (χ0v) is 13.0. The summed E-state index contributed by atoms with van der Waals surface area (Å²) in [5.74, 6) is -0.988. The van der Waals surface area contributed by atoms with Crippen molar-refractivity contribution < 1.29 is 9.90 Å². The van der Waals surface area contributed by atoms with Crippen molar-refractivity contribution in [1.82, 2.24) is 0 Å². The van der Waals surface area contributed by atoms with E-state index in [2.05, 4.69) is 60.7 Å². The van der Waals surface area contributed by atoms with Crippen LogP contribution in [0.5, 0.6) is 0 Å². The standard InChI is InChI=1S/C14H10.C7H7NO2/c1-2-6-12-10-14-8-4-3-7-13(14)9-11(12)5-1;8-6-4-2-1-3-5(6)7(9)10/h1-10H;1-4H,8H2,(H,9,10). The normalized spacial score (nSPS) is 10.2. The molecule has 3 N–H and O–H groups in total. The number of hydrogen-bond donors (Lipinski definition) is 2. The van der Waals surface area contributed by atoms with Crippen LogP contribution in [0.25, 0.3) is 21.5 Å². The van der Waals surface area contributed by atoms with Gasteiger partial charge in [-0.25, -0.2) is 4.79 Å². The van der Waals surface area contributed by atoms with Crippen LogP contribution in [0.1, 0.15) is 10.4 Å². The van der Waals surface area contributed by atoms with Crippen molar-refractivity contribution >= 4 is 33.2 Å². The number of rotatable bonds is 1. The van der Waals surface area contributed by atoms with Gasteiger partial charge in [-0.3, -0.25) is 0 Å². The molecule has 0 aliphatic rings. The highest BCUT2D eigenvalue weighted by Gasteiger charge is 2.03. The molecule has 0 radical (unpaired) electrons. The van der Waals surface area contributed by atoms with E-state index >= 15 is 0 Å². The van der Waals surface area contributed by atoms with Crippen LogP contribution in [-0.2, 0) is 0 Å². The molecular weight excluding hydrogens is 298 g/mol. The van der Waals surface area contributed by atoms with E-state index in [0.29, 0.717) is 5.69 Å². The summed E-state index contributed by atoms with van der Waals surface area (Å²) in [6.07, 6.45) is 0. The number of benzene rings is 4. The Morgan fingerprint density at radius 3 is 1.38 bits per heavy atom. The zero-order chi connectivity index (χ0) is 16.9. The fourth-order valence-corrected chi connectivity index (χ4v) is 2.57. The molecule has 3 heteroatoms. The third-order valence-corrected chi connectivity index (χ3v) is 3.81. The van der Waals surface area contributed by atoms with Crippen LogP contribution in [0.2, 0.25) is 0 Å². The van der Waals surface area contributed by atoms with E-state index < -0.39 is 5.97 Å². The maximum Gasteiger partial charge on any atom is 0.337 e. The van der Waals surface area contributed by atoms with Gasteiger partial charge < -0.3 is 10.8 Å². The Hall–Kier alpha value is -3.33. The quantitative estimate of drug-likeness (QED) is 0.385. The minimum atomic E-state index is -0.988. The van der Waals surface area contributed by atoms with Gasteiger partial charge in [0.15, 0.2) is 0 Å². The predicted molar refractivity (Wildman–Crippen MR) is 99.3 cm³/mol. The minimum absolute atomic E-state index is 0.155. The molecule has 4 aromatic carbocycles. The van der Waals surface area contributed by atoms with Crippen molar-refractivity contribution in [2.75, 3.05) is 5.73 Å². The van der Waals surface area contributed by atoms with Gasteiger partial charge in [0.05, 0.1) is 5.56 Å². The van der Waals surface area contributed by atoms with Crippen molar-refractivity contribution in [3.8, 4) is 0 Å². The maximum atomic E-state index is 10.3. The fourth-order valence-electron chi connectivity index (χ4n) is 2.57. The van der Waals surface area contributed by atoms with Crippen LogP contribution in [-0.4, -0.2) is 11.1 Å². The van der Waals surface area contributed by atoms with Gasteiger partial charge in [-0.15, -0.1) is 0 Å². The molecule has 0 heterocycles. The number of carboxylic acids is 1. The highest BCUT2D eigenvalue weighted by atomic mass is 16.4. The summed E-state index contributed by atoms with van der Waals surface area (Å²) in [7, 11) is 0. The van der Waals surface area contributed by atoms with Gasteiger partial charge in [-0.1, -0.05) is 60.7 Å². The SMILES string of the molecule is Nc1ccccc1C(=O)O.c1ccc2cc3ccccc3cc2c1. The largest absolute Gasteiger partial charge is 0.478 e. The first-order valence-electron chi connectivity index (χ1n) is 7.60. The Bertz CT molecular complexity index is 903. The van der Waals surface area contributed by atoms with Gasteiger partial charge in [-0.05, 0) is 45.8 Å². The highest BCUT2D eigenvalue weighted by Crippen LogP contribution is 2.22. The topological polar surface area (TPSA) is 63.3 Å². The second kappa shape index (κ2) is 6.84. The average molecular weight is 315 g/mol. The third kappa shape index (κ3) is 3.36. The number of para-hydroxylation sites is 1. The van der Waals surface area contributed by atoms with Crippen LogP contribution >= 0.6 is 0 Å². The molecule has 0 saturated carbocycles. The van der Waals surface area contributed by atoms with Crippen molar-refractivity contribution in [2.45, 2.75) is 0 Å². The van der Waals surface area contributed by atoms with Crippen LogP contribution in [0.4, 0.5) is 5.69 Å². The number of fused-ring (bicyclic) bond motifs is 2. The Labute approximate surface area is 140 Å². The Morgan fingerprint density at radius 1 is 0.667 bits per heavy atom. The van der Waals surface area contributed by atoms with E-state index in [9.17, 15) is 4.79 Å². The van der Waals surface area contributed by atoms with Gasteiger partial charge in [-0.2, -0.15) is 0 Å². The number of aromatic carboxylic acids is 1. The smallest absolute Gasteiger partial charge is 0.337 e. The van der Waals surface area contributed by atoms with Gasteiger partial charge >= 0.3 is 5.97 Å². The lowest BCUT2D eigenvalue weighted by molar-refractivity contribution is 0.0698. The summed E-state index contributed by atoms with van der Waals surface area (Å²) in [4.78, 5) is 10.3. The molecule has 3 nitrogen and oxygen atoms in total. The van der Waals surface area contributed by atoms with E-state index in [1.165, 1.54) is 27.6 Å². The second-order valence-electron chi connectivity index (χ2n) is 5.44. The Morgan fingerprint density at radius 2 is 1.04 bits per heavy atom. The summed E-state index contributed by atoms with van der Waals surface area (Å²) in [5.41, 5.74) is 5.80. The minimum Gasteiger partial charge on any atom is -0.478 e. The molecule has 0 unspecified atom stereocenters. The first-order valence-corrected chi connectivity index (χ1v) is 7.60. The van der Waals surface area contributed by atoms with Gasteiger partial charge in [0.25, 0.3) is 0 Å². The highest BCUT2D eigenvalue weighted by molar-refractivity contribution is 5.98. The molecule has 4 aromatic rings. The van der Waals surface area contributed by atoms with E-state index in [1.54, 1.807) is 18.2 Å². The van der Waals surface area contributed by atoms with Crippen molar-refractivity contribution in [2.24, 2.45) is 0 Å². The molecule has 118 valence electrons. The molecule has 24 heavy (non-hydrogen) atoms. The molecule has 0 aliphatic heterocycles. The van der Waals surface area contributed by atoms with Crippen molar-refractivity contribution in [3.63, 3.8) is 0 Å². The number of carbonyl (C=O) groups is 1. The lowest BCUT2D eigenvalue weighted by Gasteiger charge is -2.00. The number of hydrogen-bond acceptors (Lipinski definition) is 2. The van der Waals surface area contributed by atoms with Crippen LogP contribution in [0, 0.1) is 0 Å².